The van der Waals surface area contributed by atoms with E-state index in [1.54, 1.807) is 0 Å². The molecule has 22 heavy (non-hydrogen) atoms. The molecular weight excluding hydrogens is 278 g/mol. The van der Waals surface area contributed by atoms with Crippen LogP contribution in [0, 0.1) is 24.2 Å². The Kier molecular flexibility index (Phi) is 3.83. The summed E-state index contributed by atoms with van der Waals surface area (Å²) >= 11 is 0. The van der Waals surface area contributed by atoms with Gasteiger partial charge in [-0.05, 0) is 44.6 Å². The lowest BCUT2D eigenvalue weighted by Crippen LogP contribution is -2.50. The molecule has 0 spiro atoms. The smallest absolute Gasteiger partial charge is 0.235 e. The topological polar surface area (TPSA) is 81.9 Å². The molecule has 0 radical (unpaired) electrons. The van der Waals surface area contributed by atoms with E-state index in [0.29, 0.717) is 19.0 Å². The Morgan fingerprint density at radius 1 is 1.59 bits per heavy atom. The van der Waals surface area contributed by atoms with Gasteiger partial charge in [0.05, 0.1) is 18.3 Å². The summed E-state index contributed by atoms with van der Waals surface area (Å²) in [5, 5.41) is 12.2. The van der Waals surface area contributed by atoms with Crippen molar-refractivity contribution in [2.75, 3.05) is 13.1 Å². The first kappa shape index (κ1) is 14.9. The Labute approximate surface area is 130 Å². The maximum absolute atomic E-state index is 12.3. The summed E-state index contributed by atoms with van der Waals surface area (Å²) in [6.45, 7) is 5.50. The van der Waals surface area contributed by atoms with Gasteiger partial charge in [0.25, 0.3) is 0 Å². The number of amides is 1. The highest BCUT2D eigenvalue weighted by molar-refractivity contribution is 5.79. The molecule has 0 unspecified atom stereocenters. The Balaban J connectivity index is 1.60. The van der Waals surface area contributed by atoms with Crippen molar-refractivity contribution in [1.29, 1.82) is 5.26 Å². The Bertz CT molecular complexity index is 634. The summed E-state index contributed by atoms with van der Waals surface area (Å²) < 4.78 is 0. The number of hydrogen-bond acceptors (Lipinski definition) is 5. The number of nitrogens with zero attached hydrogens (tertiary/aromatic N) is 4. The second-order valence-corrected chi connectivity index (χ2v) is 6.49. The van der Waals surface area contributed by atoms with Crippen molar-refractivity contribution in [3.63, 3.8) is 0 Å². The van der Waals surface area contributed by atoms with Crippen LogP contribution >= 0.6 is 0 Å². The zero-order valence-corrected chi connectivity index (χ0v) is 13.1. The number of aryl methyl sites for hydroxylation is 1. The molecule has 0 bridgehead atoms. The number of carbonyl (C=O) groups is 1. The molecule has 1 amide bonds. The molecule has 1 aromatic heterocycles. The van der Waals surface area contributed by atoms with Crippen LogP contribution in [0.4, 0.5) is 0 Å². The summed E-state index contributed by atoms with van der Waals surface area (Å²) in [6.07, 6.45) is 4.80. The molecule has 1 aromatic rings. The lowest BCUT2D eigenvalue weighted by molar-refractivity contribution is -0.123. The minimum absolute atomic E-state index is 0.0785. The molecular formula is C16H21N5O. The van der Waals surface area contributed by atoms with Crippen LogP contribution in [-0.2, 0) is 17.8 Å². The van der Waals surface area contributed by atoms with Gasteiger partial charge in [-0.3, -0.25) is 9.69 Å². The van der Waals surface area contributed by atoms with Gasteiger partial charge in [-0.25, -0.2) is 9.97 Å². The van der Waals surface area contributed by atoms with Crippen LogP contribution in [0.5, 0.6) is 0 Å². The lowest BCUT2D eigenvalue weighted by atomic mass is 9.98. The van der Waals surface area contributed by atoms with Crippen LogP contribution in [0.15, 0.2) is 6.20 Å². The summed E-state index contributed by atoms with van der Waals surface area (Å²) in [4.78, 5) is 23.0. The largest absolute Gasteiger partial charge is 0.337 e. The van der Waals surface area contributed by atoms with E-state index in [1.807, 2.05) is 20.0 Å². The molecule has 0 saturated heterocycles. The molecule has 1 N–H and O–H groups in total. The SMILES string of the molecule is Cc1ncc2c(n1)CN(CC(=O)N[C@](C)(C#N)C1CC1)CC2. The molecule has 3 rings (SSSR count). The molecule has 1 atom stereocenters. The van der Waals surface area contributed by atoms with Crippen molar-refractivity contribution in [2.45, 2.75) is 45.2 Å². The predicted octanol–water partition coefficient (Wildman–Crippen LogP) is 0.952. The van der Waals surface area contributed by atoms with Crippen molar-refractivity contribution in [3.8, 4) is 6.07 Å². The van der Waals surface area contributed by atoms with Crippen molar-refractivity contribution in [1.82, 2.24) is 20.2 Å². The van der Waals surface area contributed by atoms with Gasteiger partial charge < -0.3 is 5.32 Å². The fourth-order valence-electron chi connectivity index (χ4n) is 3.01. The third-order valence-electron chi connectivity index (χ3n) is 4.54. The molecule has 1 saturated carbocycles. The standard InChI is InChI=1S/C16H21N5O/c1-11-18-7-12-5-6-21(8-14(12)19-11)9-15(22)20-16(2,10-17)13-3-4-13/h7,13H,3-6,8-9H2,1-2H3,(H,20,22)/t16-/m1/s1. The molecule has 1 aliphatic carbocycles. The maximum atomic E-state index is 12.3. The van der Waals surface area contributed by atoms with Crippen molar-refractivity contribution in [3.05, 3.63) is 23.3 Å². The molecule has 2 aliphatic rings. The second-order valence-electron chi connectivity index (χ2n) is 6.49. The zero-order chi connectivity index (χ0) is 15.7. The summed E-state index contributed by atoms with van der Waals surface area (Å²) in [6, 6.07) is 2.26. The van der Waals surface area contributed by atoms with E-state index in [-0.39, 0.29) is 5.91 Å². The molecule has 0 aromatic carbocycles. The van der Waals surface area contributed by atoms with E-state index >= 15 is 0 Å². The quantitative estimate of drug-likeness (QED) is 0.895. The van der Waals surface area contributed by atoms with Crippen LogP contribution in [0.3, 0.4) is 0 Å². The van der Waals surface area contributed by atoms with Gasteiger partial charge in [0.15, 0.2) is 0 Å². The lowest BCUT2D eigenvalue weighted by Gasteiger charge is -2.29. The zero-order valence-electron chi connectivity index (χ0n) is 13.1. The van der Waals surface area contributed by atoms with E-state index in [9.17, 15) is 10.1 Å². The number of nitrogens with one attached hydrogen (secondary N) is 1. The van der Waals surface area contributed by atoms with E-state index < -0.39 is 5.54 Å². The van der Waals surface area contributed by atoms with Gasteiger partial charge in [0.1, 0.15) is 11.4 Å². The average Bonchev–Trinajstić information content (AvgIpc) is 3.31. The van der Waals surface area contributed by atoms with E-state index in [1.165, 1.54) is 5.56 Å². The van der Waals surface area contributed by atoms with Crippen molar-refractivity contribution >= 4 is 5.91 Å². The third-order valence-corrected chi connectivity index (χ3v) is 4.54. The normalized spacial score (nSPS) is 20.6. The van der Waals surface area contributed by atoms with E-state index in [2.05, 4.69) is 26.3 Å². The Morgan fingerprint density at radius 2 is 2.36 bits per heavy atom. The van der Waals surface area contributed by atoms with E-state index in [4.69, 9.17) is 0 Å². The number of aromatic nitrogens is 2. The fourth-order valence-corrected chi connectivity index (χ4v) is 3.01. The Hall–Kier alpha value is -2.00. The molecule has 2 heterocycles. The first-order valence-electron chi connectivity index (χ1n) is 7.76. The van der Waals surface area contributed by atoms with Crippen molar-refractivity contribution < 1.29 is 4.79 Å². The molecule has 6 nitrogen and oxygen atoms in total. The highest BCUT2D eigenvalue weighted by Gasteiger charge is 2.43. The second kappa shape index (κ2) is 5.65. The van der Waals surface area contributed by atoms with Crippen LogP contribution in [0.25, 0.3) is 0 Å². The molecule has 1 aliphatic heterocycles. The highest BCUT2D eigenvalue weighted by atomic mass is 16.2. The monoisotopic (exact) mass is 299 g/mol. The number of hydrogen-bond donors (Lipinski definition) is 1. The van der Waals surface area contributed by atoms with Gasteiger partial charge in [-0.15, -0.1) is 0 Å². The van der Waals surface area contributed by atoms with Gasteiger partial charge in [-0.1, -0.05) is 0 Å². The number of fused-ring (bicyclic) bond motifs is 1. The predicted molar refractivity (Wildman–Crippen MR) is 80.6 cm³/mol. The van der Waals surface area contributed by atoms with Crippen LogP contribution < -0.4 is 5.32 Å². The van der Waals surface area contributed by atoms with E-state index in [0.717, 1.165) is 37.3 Å². The van der Waals surface area contributed by atoms with Crippen LogP contribution in [0.2, 0.25) is 0 Å². The molecule has 116 valence electrons. The Morgan fingerprint density at radius 3 is 3.05 bits per heavy atom. The van der Waals surface area contributed by atoms with Crippen LogP contribution in [0.1, 0.15) is 36.8 Å². The minimum atomic E-state index is -0.719. The fraction of sp³-hybridized carbons (Fsp3) is 0.625. The average molecular weight is 299 g/mol. The van der Waals surface area contributed by atoms with Gasteiger partial charge in [0.2, 0.25) is 5.91 Å². The van der Waals surface area contributed by atoms with Gasteiger partial charge >= 0.3 is 0 Å². The van der Waals surface area contributed by atoms with Crippen LogP contribution in [-0.4, -0.2) is 39.4 Å². The van der Waals surface area contributed by atoms with Gasteiger partial charge in [-0.2, -0.15) is 5.26 Å². The minimum Gasteiger partial charge on any atom is -0.337 e. The summed E-state index contributed by atoms with van der Waals surface area (Å²) in [7, 11) is 0. The summed E-state index contributed by atoms with van der Waals surface area (Å²) in [5.41, 5.74) is 1.46. The van der Waals surface area contributed by atoms with Gasteiger partial charge in [0, 0.05) is 19.3 Å². The molecule has 6 heteroatoms. The molecule has 1 fully saturated rings. The maximum Gasteiger partial charge on any atom is 0.235 e. The van der Waals surface area contributed by atoms with Crippen molar-refractivity contribution in [2.24, 2.45) is 5.92 Å². The number of rotatable bonds is 4. The number of nitriles is 1. The first-order chi connectivity index (χ1) is 10.5. The number of carbonyl (C=O) groups excluding carboxylic acids is 1. The highest BCUT2D eigenvalue weighted by Crippen LogP contribution is 2.39. The summed E-state index contributed by atoms with van der Waals surface area (Å²) in [5.74, 6) is 0.986. The third kappa shape index (κ3) is 3.09. The first-order valence-corrected chi connectivity index (χ1v) is 7.76.